The Morgan fingerprint density at radius 3 is 2.81 bits per heavy atom. The summed E-state index contributed by atoms with van der Waals surface area (Å²) in [6.07, 6.45) is 2.71. The molecule has 0 aromatic carbocycles. The molecule has 88 valence electrons. The normalized spacial score (nSPS) is 10.2. The van der Waals surface area contributed by atoms with Crippen molar-refractivity contribution in [2.75, 3.05) is 6.54 Å². The van der Waals surface area contributed by atoms with Crippen LogP contribution in [0.4, 0.5) is 4.79 Å². The molecule has 0 unspecified atom stereocenters. The van der Waals surface area contributed by atoms with Crippen LogP contribution in [0.15, 0.2) is 24.4 Å². The largest absolute Gasteiger partial charge is 0.338 e. The van der Waals surface area contributed by atoms with Gasteiger partial charge in [-0.2, -0.15) is 0 Å². The van der Waals surface area contributed by atoms with E-state index in [-0.39, 0.29) is 6.03 Å². The monoisotopic (exact) mass is 221 g/mol. The molecule has 1 heterocycles. The summed E-state index contributed by atoms with van der Waals surface area (Å²) in [5.41, 5.74) is 0.863. The van der Waals surface area contributed by atoms with Crippen LogP contribution in [-0.2, 0) is 6.54 Å². The van der Waals surface area contributed by atoms with E-state index in [0.29, 0.717) is 19.0 Å². The van der Waals surface area contributed by atoms with Gasteiger partial charge in [0.2, 0.25) is 0 Å². The van der Waals surface area contributed by atoms with Crippen molar-refractivity contribution in [1.82, 2.24) is 15.6 Å². The maximum absolute atomic E-state index is 11.3. The average Bonchev–Trinajstić information content (AvgIpc) is 2.27. The molecule has 4 nitrogen and oxygen atoms in total. The lowest BCUT2D eigenvalue weighted by Crippen LogP contribution is -2.36. The molecule has 16 heavy (non-hydrogen) atoms. The second-order valence-corrected chi connectivity index (χ2v) is 4.11. The number of urea groups is 1. The Morgan fingerprint density at radius 2 is 2.19 bits per heavy atom. The maximum Gasteiger partial charge on any atom is 0.315 e. The van der Waals surface area contributed by atoms with Crippen LogP contribution in [0.3, 0.4) is 0 Å². The first-order chi connectivity index (χ1) is 7.68. The first kappa shape index (κ1) is 12.5. The molecule has 0 radical (unpaired) electrons. The summed E-state index contributed by atoms with van der Waals surface area (Å²) in [7, 11) is 0. The molecule has 0 saturated heterocycles. The van der Waals surface area contributed by atoms with Gasteiger partial charge in [0.25, 0.3) is 0 Å². The molecule has 0 aliphatic heterocycles. The van der Waals surface area contributed by atoms with E-state index in [2.05, 4.69) is 29.5 Å². The standard InChI is InChI=1S/C12H19N3O/c1-10(2)6-8-14-12(16)15-9-11-5-3-4-7-13-11/h3-5,7,10H,6,8-9H2,1-2H3,(H2,14,15,16). The van der Waals surface area contributed by atoms with Crippen molar-refractivity contribution in [2.45, 2.75) is 26.8 Å². The highest BCUT2D eigenvalue weighted by atomic mass is 16.2. The summed E-state index contributed by atoms with van der Waals surface area (Å²) < 4.78 is 0. The first-order valence-corrected chi connectivity index (χ1v) is 5.60. The Bertz CT molecular complexity index is 311. The van der Waals surface area contributed by atoms with Crippen molar-refractivity contribution in [3.05, 3.63) is 30.1 Å². The van der Waals surface area contributed by atoms with Gasteiger partial charge in [0.15, 0.2) is 0 Å². The van der Waals surface area contributed by atoms with Crippen LogP contribution >= 0.6 is 0 Å². The average molecular weight is 221 g/mol. The summed E-state index contributed by atoms with van der Waals surface area (Å²) in [5, 5.41) is 5.57. The van der Waals surface area contributed by atoms with Crippen LogP contribution < -0.4 is 10.6 Å². The number of nitrogens with zero attached hydrogens (tertiary/aromatic N) is 1. The molecule has 2 N–H and O–H groups in total. The number of amides is 2. The van der Waals surface area contributed by atoms with Crippen molar-refractivity contribution in [3.63, 3.8) is 0 Å². The van der Waals surface area contributed by atoms with E-state index in [1.807, 2.05) is 18.2 Å². The third-order valence-electron chi connectivity index (χ3n) is 2.16. The summed E-state index contributed by atoms with van der Waals surface area (Å²) in [6, 6.07) is 5.51. The minimum absolute atomic E-state index is 0.133. The van der Waals surface area contributed by atoms with E-state index in [9.17, 15) is 4.79 Å². The van der Waals surface area contributed by atoms with E-state index >= 15 is 0 Å². The highest BCUT2D eigenvalue weighted by Gasteiger charge is 2.00. The molecule has 1 rings (SSSR count). The second kappa shape index (κ2) is 6.82. The molecule has 0 saturated carbocycles. The molecular weight excluding hydrogens is 202 g/mol. The minimum atomic E-state index is -0.133. The Morgan fingerprint density at radius 1 is 1.38 bits per heavy atom. The predicted octanol–water partition coefficient (Wildman–Crippen LogP) is 1.93. The lowest BCUT2D eigenvalue weighted by atomic mass is 10.1. The van der Waals surface area contributed by atoms with Crippen molar-refractivity contribution >= 4 is 6.03 Å². The summed E-state index contributed by atoms with van der Waals surface area (Å²) in [5.74, 6) is 0.607. The fraction of sp³-hybridized carbons (Fsp3) is 0.500. The van der Waals surface area contributed by atoms with Crippen LogP contribution in [0, 0.1) is 5.92 Å². The van der Waals surface area contributed by atoms with Crippen LogP contribution in [0.25, 0.3) is 0 Å². The lowest BCUT2D eigenvalue weighted by molar-refractivity contribution is 0.240. The summed E-state index contributed by atoms with van der Waals surface area (Å²) in [4.78, 5) is 15.5. The summed E-state index contributed by atoms with van der Waals surface area (Å²) in [6.45, 7) is 5.45. The quantitative estimate of drug-likeness (QED) is 0.798. The lowest BCUT2D eigenvalue weighted by Gasteiger charge is -2.08. The Hall–Kier alpha value is -1.58. The van der Waals surface area contributed by atoms with Gasteiger partial charge in [0.05, 0.1) is 12.2 Å². The number of hydrogen-bond donors (Lipinski definition) is 2. The van der Waals surface area contributed by atoms with Gasteiger partial charge in [-0.1, -0.05) is 19.9 Å². The summed E-state index contributed by atoms with van der Waals surface area (Å²) >= 11 is 0. The van der Waals surface area contributed by atoms with E-state index in [4.69, 9.17) is 0 Å². The Balaban J connectivity index is 2.16. The Labute approximate surface area is 96.5 Å². The Kier molecular flexibility index (Phi) is 5.32. The van der Waals surface area contributed by atoms with Gasteiger partial charge in [-0.05, 0) is 24.5 Å². The highest BCUT2D eigenvalue weighted by molar-refractivity contribution is 5.73. The third-order valence-corrected chi connectivity index (χ3v) is 2.16. The third kappa shape index (κ3) is 5.34. The number of nitrogens with one attached hydrogen (secondary N) is 2. The van der Waals surface area contributed by atoms with Crippen LogP contribution in [-0.4, -0.2) is 17.6 Å². The van der Waals surface area contributed by atoms with Gasteiger partial charge in [0, 0.05) is 12.7 Å². The molecule has 0 aliphatic carbocycles. The zero-order valence-corrected chi connectivity index (χ0v) is 9.86. The minimum Gasteiger partial charge on any atom is -0.338 e. The molecule has 1 aromatic heterocycles. The molecule has 2 amide bonds. The van der Waals surface area contributed by atoms with Gasteiger partial charge < -0.3 is 10.6 Å². The van der Waals surface area contributed by atoms with Crippen LogP contribution in [0.1, 0.15) is 26.0 Å². The highest BCUT2D eigenvalue weighted by Crippen LogP contribution is 1.96. The SMILES string of the molecule is CC(C)CCNC(=O)NCc1ccccn1. The van der Waals surface area contributed by atoms with E-state index < -0.39 is 0 Å². The maximum atomic E-state index is 11.3. The zero-order chi connectivity index (χ0) is 11.8. The fourth-order valence-corrected chi connectivity index (χ4v) is 1.21. The number of rotatable bonds is 5. The van der Waals surface area contributed by atoms with Crippen molar-refractivity contribution in [2.24, 2.45) is 5.92 Å². The van der Waals surface area contributed by atoms with Gasteiger partial charge >= 0.3 is 6.03 Å². The molecule has 0 aliphatic rings. The van der Waals surface area contributed by atoms with Crippen molar-refractivity contribution < 1.29 is 4.79 Å². The number of carbonyl (C=O) groups excluding carboxylic acids is 1. The van der Waals surface area contributed by atoms with Gasteiger partial charge in [0.1, 0.15) is 0 Å². The van der Waals surface area contributed by atoms with Crippen molar-refractivity contribution in [1.29, 1.82) is 0 Å². The van der Waals surface area contributed by atoms with Crippen molar-refractivity contribution in [3.8, 4) is 0 Å². The zero-order valence-electron chi connectivity index (χ0n) is 9.86. The number of pyridine rings is 1. The molecule has 0 spiro atoms. The first-order valence-electron chi connectivity index (χ1n) is 5.60. The molecule has 0 bridgehead atoms. The van der Waals surface area contributed by atoms with Gasteiger partial charge in [-0.15, -0.1) is 0 Å². The smallest absolute Gasteiger partial charge is 0.315 e. The molecule has 0 atom stereocenters. The molecule has 1 aromatic rings. The topological polar surface area (TPSA) is 54.0 Å². The van der Waals surface area contributed by atoms with E-state index in [0.717, 1.165) is 12.1 Å². The molecule has 0 fully saturated rings. The number of hydrogen-bond acceptors (Lipinski definition) is 2. The number of carbonyl (C=O) groups is 1. The van der Waals surface area contributed by atoms with Crippen LogP contribution in [0.2, 0.25) is 0 Å². The van der Waals surface area contributed by atoms with Gasteiger partial charge in [-0.3, -0.25) is 4.98 Å². The fourth-order valence-electron chi connectivity index (χ4n) is 1.21. The molecule has 4 heteroatoms. The second-order valence-electron chi connectivity index (χ2n) is 4.11. The van der Waals surface area contributed by atoms with Crippen LogP contribution in [0.5, 0.6) is 0 Å². The molecular formula is C12H19N3O. The van der Waals surface area contributed by atoms with E-state index in [1.165, 1.54) is 0 Å². The van der Waals surface area contributed by atoms with Gasteiger partial charge in [-0.25, -0.2) is 4.79 Å². The van der Waals surface area contributed by atoms with E-state index in [1.54, 1.807) is 6.20 Å². The number of aromatic nitrogens is 1. The predicted molar refractivity (Wildman–Crippen MR) is 63.9 cm³/mol.